The molecular weight excluding hydrogens is 256 g/mol. The van der Waals surface area contributed by atoms with E-state index in [0.29, 0.717) is 11.7 Å². The third-order valence-corrected chi connectivity index (χ3v) is 3.22. The maximum atomic E-state index is 5.31. The van der Waals surface area contributed by atoms with Gasteiger partial charge in [0.05, 0.1) is 5.54 Å². The second-order valence-electron chi connectivity index (χ2n) is 6.09. The Morgan fingerprint density at radius 3 is 2.47 bits per heavy atom. The first-order chi connectivity index (χ1) is 8.87. The fourth-order valence-corrected chi connectivity index (χ4v) is 2.33. The first kappa shape index (κ1) is 16.1. The number of nitrogens with zero attached hydrogens (tertiary/aromatic N) is 2. The molecule has 0 amide bonds. The van der Waals surface area contributed by atoms with Crippen molar-refractivity contribution in [3.8, 4) is 0 Å². The fraction of sp³-hybridized carbons (Fsp3) is 0.786. The summed E-state index contributed by atoms with van der Waals surface area (Å²) in [6, 6.07) is 0. The summed E-state index contributed by atoms with van der Waals surface area (Å²) in [5.74, 6) is 0. The summed E-state index contributed by atoms with van der Waals surface area (Å²) < 4.78 is 0. The minimum Gasteiger partial charge on any atom is -0.359 e. The maximum absolute atomic E-state index is 5.31. The van der Waals surface area contributed by atoms with Crippen molar-refractivity contribution in [1.82, 2.24) is 10.6 Å². The number of nitrogens with one attached hydrogen (secondary N) is 2. The highest BCUT2D eigenvalue weighted by Gasteiger charge is 2.33. The van der Waals surface area contributed by atoms with Crippen molar-refractivity contribution in [2.24, 2.45) is 10.2 Å². The third kappa shape index (κ3) is 6.14. The average Bonchev–Trinajstić information content (AvgIpc) is 2.34. The normalized spacial score (nSPS) is 19.1. The Morgan fingerprint density at radius 2 is 1.95 bits per heavy atom. The highest BCUT2D eigenvalue weighted by atomic mass is 32.1. The van der Waals surface area contributed by atoms with E-state index in [1.54, 1.807) is 6.08 Å². The van der Waals surface area contributed by atoms with Crippen LogP contribution in [0.3, 0.4) is 0 Å². The molecular formula is C14H26N4S. The van der Waals surface area contributed by atoms with E-state index in [1.807, 2.05) is 0 Å². The zero-order valence-corrected chi connectivity index (χ0v) is 13.1. The topological polar surface area (TPSA) is 48.8 Å². The molecule has 0 aromatic rings. The minimum atomic E-state index is -0.323. The molecule has 0 aromatic heterocycles. The van der Waals surface area contributed by atoms with Gasteiger partial charge in [0.1, 0.15) is 0 Å². The van der Waals surface area contributed by atoms with Crippen LogP contribution in [-0.2, 0) is 0 Å². The van der Waals surface area contributed by atoms with Crippen LogP contribution >= 0.6 is 12.2 Å². The second-order valence-corrected chi connectivity index (χ2v) is 6.50. The van der Waals surface area contributed by atoms with Crippen LogP contribution in [0.15, 0.2) is 22.9 Å². The van der Waals surface area contributed by atoms with Crippen LogP contribution < -0.4 is 10.6 Å². The summed E-state index contributed by atoms with van der Waals surface area (Å²) in [5, 5.41) is 16.1. The number of thiocarbonyl (C=S) groups is 1. The van der Waals surface area contributed by atoms with Crippen molar-refractivity contribution in [1.29, 1.82) is 0 Å². The van der Waals surface area contributed by atoms with Gasteiger partial charge in [-0.1, -0.05) is 12.5 Å². The summed E-state index contributed by atoms with van der Waals surface area (Å²) >= 11 is 5.31. The van der Waals surface area contributed by atoms with E-state index in [1.165, 1.54) is 19.3 Å². The quantitative estimate of drug-likeness (QED) is 0.471. The van der Waals surface area contributed by atoms with Crippen LogP contribution in [0, 0.1) is 0 Å². The Labute approximate surface area is 122 Å². The van der Waals surface area contributed by atoms with Crippen molar-refractivity contribution in [2.75, 3.05) is 6.54 Å². The van der Waals surface area contributed by atoms with E-state index in [4.69, 9.17) is 12.2 Å². The molecule has 2 N–H and O–H groups in total. The van der Waals surface area contributed by atoms with Crippen molar-refractivity contribution in [3.63, 3.8) is 0 Å². The number of hydrogen-bond donors (Lipinski definition) is 2. The summed E-state index contributed by atoms with van der Waals surface area (Å²) in [4.78, 5) is 0. The zero-order chi connectivity index (χ0) is 14.4. The van der Waals surface area contributed by atoms with Gasteiger partial charge in [-0.25, -0.2) is 0 Å². The highest BCUT2D eigenvalue weighted by Crippen LogP contribution is 2.30. The molecule has 0 spiro atoms. The van der Waals surface area contributed by atoms with Crippen LogP contribution in [0.2, 0.25) is 0 Å². The molecule has 0 radical (unpaired) electrons. The summed E-state index contributed by atoms with van der Waals surface area (Å²) in [5.41, 5.74) is -0.473. The largest absolute Gasteiger partial charge is 0.359 e. The lowest BCUT2D eigenvalue weighted by atomic mass is 9.89. The Morgan fingerprint density at radius 1 is 1.32 bits per heavy atom. The van der Waals surface area contributed by atoms with Crippen LogP contribution in [0.4, 0.5) is 0 Å². The molecule has 1 fully saturated rings. The smallest absolute Gasteiger partial charge is 0.168 e. The van der Waals surface area contributed by atoms with Gasteiger partial charge in [0.25, 0.3) is 0 Å². The Kier molecular flexibility index (Phi) is 5.91. The zero-order valence-electron chi connectivity index (χ0n) is 12.3. The lowest BCUT2D eigenvalue weighted by molar-refractivity contribution is 0.255. The van der Waals surface area contributed by atoms with E-state index in [-0.39, 0.29) is 11.2 Å². The Hall–Kier alpha value is -0.970. The van der Waals surface area contributed by atoms with Gasteiger partial charge in [0.15, 0.2) is 10.8 Å². The van der Waals surface area contributed by atoms with Gasteiger partial charge in [-0.2, -0.15) is 10.2 Å². The maximum Gasteiger partial charge on any atom is 0.168 e. The molecule has 1 aliphatic rings. The predicted octanol–water partition coefficient (Wildman–Crippen LogP) is 3.55. The molecule has 0 atom stereocenters. The summed E-state index contributed by atoms with van der Waals surface area (Å²) in [7, 11) is 0. The van der Waals surface area contributed by atoms with Crippen molar-refractivity contribution < 1.29 is 0 Å². The second kappa shape index (κ2) is 6.98. The lowest BCUT2D eigenvalue weighted by Gasteiger charge is -2.35. The Bertz CT molecular complexity index is 338. The molecule has 108 valence electrons. The molecule has 1 aliphatic carbocycles. The number of rotatable bonds is 4. The van der Waals surface area contributed by atoms with E-state index < -0.39 is 0 Å². The molecule has 19 heavy (non-hydrogen) atoms. The molecule has 0 aromatic carbocycles. The van der Waals surface area contributed by atoms with Crippen molar-refractivity contribution in [3.05, 3.63) is 12.7 Å². The fourth-order valence-electron chi connectivity index (χ4n) is 2.05. The van der Waals surface area contributed by atoms with Crippen LogP contribution in [0.5, 0.6) is 0 Å². The van der Waals surface area contributed by atoms with Gasteiger partial charge < -0.3 is 10.6 Å². The standard InChI is InChI=1S/C14H26N4S/c1-5-11-15-12(19)16-14(9-7-6-8-10-14)18-17-13(2,3)4/h5H,1,6-11H2,2-4H3,(H2,15,16,19). The molecule has 0 saturated heterocycles. The van der Waals surface area contributed by atoms with Gasteiger partial charge in [-0.3, -0.25) is 0 Å². The summed E-state index contributed by atoms with van der Waals surface area (Å²) in [6.07, 6.45) is 7.37. The Balaban J connectivity index is 2.72. The van der Waals surface area contributed by atoms with E-state index in [9.17, 15) is 0 Å². The van der Waals surface area contributed by atoms with Crippen molar-refractivity contribution in [2.45, 2.75) is 64.1 Å². The molecule has 0 unspecified atom stereocenters. The highest BCUT2D eigenvalue weighted by molar-refractivity contribution is 7.80. The molecule has 4 nitrogen and oxygen atoms in total. The molecule has 5 heteroatoms. The van der Waals surface area contributed by atoms with E-state index in [0.717, 1.165) is 12.8 Å². The number of azo groups is 1. The van der Waals surface area contributed by atoms with E-state index >= 15 is 0 Å². The lowest BCUT2D eigenvalue weighted by Crippen LogP contribution is -2.51. The SMILES string of the molecule is C=CCNC(=S)NC1(N=NC(C)(C)C)CCCCC1. The summed E-state index contributed by atoms with van der Waals surface area (Å²) in [6.45, 7) is 10.5. The number of hydrogen-bond acceptors (Lipinski definition) is 3. The monoisotopic (exact) mass is 282 g/mol. The first-order valence-corrected chi connectivity index (χ1v) is 7.39. The molecule has 1 rings (SSSR count). The third-order valence-electron chi connectivity index (χ3n) is 2.98. The average molecular weight is 282 g/mol. The molecule has 1 saturated carbocycles. The van der Waals surface area contributed by atoms with Crippen LogP contribution in [0.1, 0.15) is 52.9 Å². The van der Waals surface area contributed by atoms with Gasteiger partial charge in [0.2, 0.25) is 0 Å². The first-order valence-electron chi connectivity index (χ1n) is 6.98. The van der Waals surface area contributed by atoms with Crippen LogP contribution in [-0.4, -0.2) is 22.9 Å². The van der Waals surface area contributed by atoms with Gasteiger partial charge >= 0.3 is 0 Å². The van der Waals surface area contributed by atoms with E-state index in [2.05, 4.69) is 48.2 Å². The van der Waals surface area contributed by atoms with Crippen molar-refractivity contribution >= 4 is 17.3 Å². The molecule has 0 aliphatic heterocycles. The molecule has 0 bridgehead atoms. The minimum absolute atomic E-state index is 0.151. The van der Waals surface area contributed by atoms with Gasteiger partial charge in [-0.15, -0.1) is 6.58 Å². The van der Waals surface area contributed by atoms with Gasteiger partial charge in [0, 0.05) is 6.54 Å². The van der Waals surface area contributed by atoms with Gasteiger partial charge in [-0.05, 0) is 58.7 Å². The predicted molar refractivity (Wildman–Crippen MR) is 84.4 cm³/mol. The molecule has 0 heterocycles. The van der Waals surface area contributed by atoms with Crippen LogP contribution in [0.25, 0.3) is 0 Å².